The molecule has 6 aromatic rings. The molecule has 9 rings (SSSR count). The summed E-state index contributed by atoms with van der Waals surface area (Å²) in [4.78, 5) is 27.5. The van der Waals surface area contributed by atoms with Crippen LogP contribution in [0.1, 0.15) is 33.8 Å². The van der Waals surface area contributed by atoms with Gasteiger partial charge in [-0.3, -0.25) is 0 Å². The summed E-state index contributed by atoms with van der Waals surface area (Å²) in [6.07, 6.45) is 13.7. The third kappa shape index (κ3) is 11.6. The number of aromatic amines is 1. The van der Waals surface area contributed by atoms with E-state index in [1.807, 2.05) is 48.1 Å². The first kappa shape index (κ1) is 44.0. The molecule has 0 amide bonds. The minimum atomic E-state index is -0.593. The van der Waals surface area contributed by atoms with Crippen molar-refractivity contribution in [3.05, 3.63) is 126 Å². The first-order valence-electron chi connectivity index (χ1n) is 20.4. The number of nitrogen functional groups attached to an aromatic ring is 1. The molecule has 12 nitrogen and oxygen atoms in total. The largest absolute Gasteiger partial charge is 0.399 e. The summed E-state index contributed by atoms with van der Waals surface area (Å²) < 4.78 is 3.98. The molecular weight excluding hydrogens is 737 g/mol. The van der Waals surface area contributed by atoms with Gasteiger partial charge in [0.25, 0.3) is 0 Å². The van der Waals surface area contributed by atoms with Gasteiger partial charge in [0.15, 0.2) is 0 Å². The first-order chi connectivity index (χ1) is 28.7. The summed E-state index contributed by atoms with van der Waals surface area (Å²) in [5, 5.41) is 0. The molecule has 0 fully saturated rings. The van der Waals surface area contributed by atoms with Gasteiger partial charge in [0.2, 0.25) is 0 Å². The van der Waals surface area contributed by atoms with Gasteiger partial charge in [-0.15, -0.1) is 0 Å². The van der Waals surface area contributed by atoms with E-state index in [2.05, 4.69) is 134 Å². The van der Waals surface area contributed by atoms with Crippen molar-refractivity contribution in [3.63, 3.8) is 0 Å². The smallest absolute Gasteiger partial charge is 0.0947 e. The quantitative estimate of drug-likeness (QED) is 0.169. The highest BCUT2D eigenvalue weighted by Gasteiger charge is 2.22. The van der Waals surface area contributed by atoms with Crippen LogP contribution in [0.5, 0.6) is 0 Å². The number of hydrogen-bond acceptors (Lipinski definition) is 9. The van der Waals surface area contributed by atoms with Crippen molar-refractivity contribution >= 4 is 77.8 Å². The number of rotatable bonds is 9. The SMILES string of the molecule is CN(C)c1ccc2c(c1)N(Cc1cn(C)cn1)CC2.CN(C)c1ccc2c(c1)N(Cc1cnc[nH]1)CC2.Cn1cnc(CN2CCc3ccc(N)cc32)c1.[B]B([B])B([B])[B]. The number of imidazole rings is 3. The number of benzene rings is 3. The third-order valence-electron chi connectivity index (χ3n) is 10.8. The van der Waals surface area contributed by atoms with Crippen molar-refractivity contribution in [1.82, 2.24) is 29.1 Å². The van der Waals surface area contributed by atoms with Crippen molar-refractivity contribution in [2.75, 3.05) is 78.1 Å². The summed E-state index contributed by atoms with van der Waals surface area (Å²) in [5.74, 6) is 0. The van der Waals surface area contributed by atoms with Crippen LogP contribution >= 0.6 is 0 Å². The molecule has 8 radical (unpaired) electrons. The van der Waals surface area contributed by atoms with Crippen LogP contribution in [0.3, 0.4) is 0 Å². The van der Waals surface area contributed by atoms with Gasteiger partial charge in [0, 0.05) is 158 Å². The van der Waals surface area contributed by atoms with Crippen LogP contribution in [0.2, 0.25) is 0 Å². The van der Waals surface area contributed by atoms with Crippen LogP contribution in [0, 0.1) is 0 Å². The standard InChI is InChI=1S/C15H20N4.C14H18N4.C13H16N4.B6/c1-17(2)14-5-4-12-6-7-19(15(12)8-14)10-13-9-18(3)11-16-13;1-17(2)13-4-3-11-5-6-18(14(11)7-13)9-12-8-15-10-16-12;1-16-7-12(15-9-16)8-17-5-4-10-2-3-11(14)6-13(10)17;1-5(2)6(3)4/h4-5,8-9,11H,6-7,10H2,1-3H3;3-4,7-8,10H,5-6,9H2,1-2H3,(H,15,16);2-3,6-7,9H,4-5,8,14H2,1H3;. The van der Waals surface area contributed by atoms with Crippen molar-refractivity contribution in [1.29, 1.82) is 0 Å². The summed E-state index contributed by atoms with van der Waals surface area (Å²) >= 11 is 0. The molecule has 60 heavy (non-hydrogen) atoms. The van der Waals surface area contributed by atoms with Crippen molar-refractivity contribution in [3.8, 4) is 0 Å². The molecule has 0 spiro atoms. The Morgan fingerprint density at radius 1 is 0.633 bits per heavy atom. The topological polar surface area (TPSA) is 107 Å². The van der Waals surface area contributed by atoms with E-state index in [4.69, 9.17) is 36.7 Å². The van der Waals surface area contributed by atoms with Gasteiger partial charge in [0.1, 0.15) is 0 Å². The number of nitrogens with two attached hydrogens (primary N) is 1. The Morgan fingerprint density at radius 2 is 1.07 bits per heavy atom. The van der Waals surface area contributed by atoms with E-state index in [1.165, 1.54) is 45.1 Å². The molecule has 18 heteroatoms. The molecule has 0 aliphatic carbocycles. The number of nitrogens with zero attached hydrogens (tertiary/aromatic N) is 10. The third-order valence-corrected chi connectivity index (χ3v) is 10.8. The molecule has 0 bridgehead atoms. The molecule has 3 aromatic carbocycles. The van der Waals surface area contributed by atoms with E-state index in [0.717, 1.165) is 81.3 Å². The molecule has 0 atom stereocenters. The zero-order valence-corrected chi connectivity index (χ0v) is 36.0. The Balaban J connectivity index is 0.000000141. The average molecular weight is 792 g/mol. The molecule has 0 saturated carbocycles. The molecule has 3 aromatic heterocycles. The van der Waals surface area contributed by atoms with E-state index in [-0.39, 0.29) is 0 Å². The summed E-state index contributed by atoms with van der Waals surface area (Å²) in [7, 11) is 32.2. The molecule has 6 heterocycles. The lowest BCUT2D eigenvalue weighted by molar-refractivity contribution is 0.818. The summed E-state index contributed by atoms with van der Waals surface area (Å²) in [6, 6.07) is 19.6. The van der Waals surface area contributed by atoms with E-state index in [9.17, 15) is 0 Å². The van der Waals surface area contributed by atoms with Crippen LogP contribution in [0.25, 0.3) is 0 Å². The number of fused-ring (bicyclic) bond motifs is 3. The minimum Gasteiger partial charge on any atom is -0.399 e. The van der Waals surface area contributed by atoms with Gasteiger partial charge in [-0.1, -0.05) is 18.2 Å². The maximum atomic E-state index is 5.84. The highest BCUT2D eigenvalue weighted by atomic mass is 15.2. The zero-order chi connectivity index (χ0) is 42.9. The van der Waals surface area contributed by atoms with E-state index < -0.39 is 12.8 Å². The number of aryl methyl sites for hydroxylation is 2. The fraction of sp³-hybridized carbons (Fsp3) is 0.357. The number of aromatic nitrogens is 6. The Labute approximate surface area is 362 Å². The second-order valence-corrected chi connectivity index (χ2v) is 16.1. The van der Waals surface area contributed by atoms with E-state index in [0.29, 0.717) is 0 Å². The lowest BCUT2D eigenvalue weighted by Gasteiger charge is -2.20. The maximum absolute atomic E-state index is 5.84. The monoisotopic (exact) mass is 793 g/mol. The van der Waals surface area contributed by atoms with Gasteiger partial charge in [-0.05, 0) is 72.4 Å². The second kappa shape index (κ2) is 20.2. The van der Waals surface area contributed by atoms with E-state index in [1.54, 1.807) is 6.33 Å². The van der Waals surface area contributed by atoms with Crippen LogP contribution in [0.4, 0.5) is 34.1 Å². The molecule has 3 aliphatic rings. The molecule has 3 aliphatic heterocycles. The molecule has 0 saturated heterocycles. The number of anilines is 6. The van der Waals surface area contributed by atoms with Crippen molar-refractivity contribution in [2.24, 2.45) is 14.1 Å². The second-order valence-electron chi connectivity index (χ2n) is 16.1. The maximum Gasteiger partial charge on any atom is 0.0947 e. The highest BCUT2D eigenvalue weighted by Crippen LogP contribution is 2.34. The molecule has 3 N–H and O–H groups in total. The highest BCUT2D eigenvalue weighted by molar-refractivity contribution is 7.76. The number of nitrogens with one attached hydrogen (secondary N) is 1. The zero-order valence-electron chi connectivity index (χ0n) is 36.0. The summed E-state index contributed by atoms with van der Waals surface area (Å²) in [6.45, 7) is 5.88. The Kier molecular flexibility index (Phi) is 14.8. The normalized spacial score (nSPS) is 13.2. The predicted octanol–water partition coefficient (Wildman–Crippen LogP) is 3.37. The van der Waals surface area contributed by atoms with E-state index >= 15 is 0 Å². The first-order valence-corrected chi connectivity index (χ1v) is 20.4. The Hall–Kier alpha value is -5.52. The fourth-order valence-corrected chi connectivity index (χ4v) is 7.44. The lowest BCUT2D eigenvalue weighted by Crippen LogP contribution is -2.38. The van der Waals surface area contributed by atoms with Crippen molar-refractivity contribution in [2.45, 2.75) is 38.9 Å². The average Bonchev–Trinajstić information content (AvgIpc) is 4.10. The fourth-order valence-electron chi connectivity index (χ4n) is 7.44. The van der Waals surface area contributed by atoms with Gasteiger partial charge in [-0.25, -0.2) is 15.0 Å². The van der Waals surface area contributed by atoms with Crippen LogP contribution in [0.15, 0.2) is 92.2 Å². The van der Waals surface area contributed by atoms with Crippen molar-refractivity contribution < 1.29 is 0 Å². The number of H-pyrrole nitrogens is 1. The molecule has 300 valence electrons. The minimum absolute atomic E-state index is 0.593. The van der Waals surface area contributed by atoms with Gasteiger partial charge in [-0.2, -0.15) is 0 Å². The van der Waals surface area contributed by atoms with Gasteiger partial charge < -0.3 is 44.4 Å². The lowest BCUT2D eigenvalue weighted by atomic mass is 8.81. The summed E-state index contributed by atoms with van der Waals surface area (Å²) in [5.41, 5.74) is 20.8. The molecular formula is C42H54B6N12. The van der Waals surface area contributed by atoms with Crippen LogP contribution in [-0.4, -0.2) is 121 Å². The van der Waals surface area contributed by atoms with Gasteiger partial charge in [0.05, 0.1) is 55.7 Å². The van der Waals surface area contributed by atoms with Crippen LogP contribution in [-0.2, 0) is 53.0 Å². The number of hydrogen-bond donors (Lipinski definition) is 2. The Morgan fingerprint density at radius 3 is 1.45 bits per heavy atom. The van der Waals surface area contributed by atoms with Gasteiger partial charge >= 0.3 is 0 Å². The Bertz CT molecular complexity index is 2270. The molecule has 0 unspecified atom stereocenters. The van der Waals surface area contributed by atoms with Crippen LogP contribution < -0.4 is 30.2 Å². The predicted molar refractivity (Wildman–Crippen MR) is 256 cm³/mol.